The van der Waals surface area contributed by atoms with Crippen molar-refractivity contribution in [2.75, 3.05) is 32.5 Å². The third kappa shape index (κ3) is 4.09. The van der Waals surface area contributed by atoms with Gasteiger partial charge in [0.25, 0.3) is 0 Å². The van der Waals surface area contributed by atoms with Crippen LogP contribution in [0.2, 0.25) is 0 Å². The van der Waals surface area contributed by atoms with E-state index in [-0.39, 0.29) is 10.6 Å². The summed E-state index contributed by atoms with van der Waals surface area (Å²) in [6.45, 7) is 4.14. The highest BCUT2D eigenvalue weighted by Gasteiger charge is 2.27. The van der Waals surface area contributed by atoms with Crippen molar-refractivity contribution in [3.8, 4) is 5.75 Å². The molecule has 7 heteroatoms. The standard InChI is InChI=1S/C14H23N3O3S/c1-3-17(11-4-5-11)9-8-16-21(18,19)14-7-6-12(20-2)10-13(14)15/h6-7,10-11,16H,3-5,8-9,15H2,1-2H3. The van der Waals surface area contributed by atoms with Gasteiger partial charge in [-0.05, 0) is 31.5 Å². The van der Waals surface area contributed by atoms with Gasteiger partial charge >= 0.3 is 0 Å². The Balaban J connectivity index is 1.97. The Labute approximate surface area is 126 Å². The van der Waals surface area contributed by atoms with E-state index in [2.05, 4.69) is 16.5 Å². The van der Waals surface area contributed by atoms with Crippen molar-refractivity contribution < 1.29 is 13.2 Å². The minimum absolute atomic E-state index is 0.0952. The van der Waals surface area contributed by atoms with Crippen LogP contribution in [-0.2, 0) is 10.0 Å². The molecule has 6 nitrogen and oxygen atoms in total. The number of hydrogen-bond donors (Lipinski definition) is 2. The molecule has 1 aliphatic rings. The molecular formula is C14H23N3O3S. The van der Waals surface area contributed by atoms with E-state index in [9.17, 15) is 8.42 Å². The molecule has 0 saturated heterocycles. The van der Waals surface area contributed by atoms with Crippen molar-refractivity contribution in [1.29, 1.82) is 0 Å². The molecule has 0 spiro atoms. The third-order valence-corrected chi connectivity index (χ3v) is 5.20. The van der Waals surface area contributed by atoms with Crippen LogP contribution in [0.5, 0.6) is 5.75 Å². The number of anilines is 1. The second-order valence-electron chi connectivity index (χ2n) is 5.16. The van der Waals surface area contributed by atoms with Gasteiger partial charge in [0, 0.05) is 25.2 Å². The van der Waals surface area contributed by atoms with Gasteiger partial charge in [-0.1, -0.05) is 6.92 Å². The van der Waals surface area contributed by atoms with E-state index in [1.54, 1.807) is 6.07 Å². The van der Waals surface area contributed by atoms with Crippen LogP contribution in [-0.4, -0.2) is 46.1 Å². The number of nitrogens with two attached hydrogens (primary N) is 1. The van der Waals surface area contributed by atoms with E-state index < -0.39 is 10.0 Å². The quantitative estimate of drug-likeness (QED) is 0.701. The van der Waals surface area contributed by atoms with Gasteiger partial charge in [0.05, 0.1) is 12.8 Å². The number of nitrogens with one attached hydrogen (secondary N) is 1. The molecule has 0 heterocycles. The summed E-state index contributed by atoms with van der Waals surface area (Å²) in [5, 5.41) is 0. The molecule has 2 rings (SSSR count). The number of benzene rings is 1. The molecule has 0 aromatic heterocycles. The minimum atomic E-state index is -3.58. The van der Waals surface area contributed by atoms with Gasteiger partial charge in [-0.25, -0.2) is 13.1 Å². The Morgan fingerprint density at radius 2 is 2.14 bits per heavy atom. The van der Waals surface area contributed by atoms with Gasteiger partial charge in [0.1, 0.15) is 10.6 Å². The van der Waals surface area contributed by atoms with Crippen molar-refractivity contribution in [1.82, 2.24) is 9.62 Å². The highest BCUT2D eigenvalue weighted by Crippen LogP contribution is 2.26. The average molecular weight is 313 g/mol. The molecule has 1 aromatic carbocycles. The van der Waals surface area contributed by atoms with Crippen LogP contribution in [0.15, 0.2) is 23.1 Å². The molecule has 3 N–H and O–H groups in total. The number of nitrogens with zero attached hydrogens (tertiary/aromatic N) is 1. The first-order valence-electron chi connectivity index (χ1n) is 7.15. The van der Waals surface area contributed by atoms with Crippen molar-refractivity contribution in [3.05, 3.63) is 18.2 Å². The number of rotatable bonds is 8. The Bertz CT molecular complexity index is 585. The van der Waals surface area contributed by atoms with Crippen molar-refractivity contribution in [3.63, 3.8) is 0 Å². The van der Waals surface area contributed by atoms with E-state index in [0.717, 1.165) is 13.1 Å². The monoisotopic (exact) mass is 313 g/mol. The Morgan fingerprint density at radius 1 is 1.43 bits per heavy atom. The number of methoxy groups -OCH3 is 1. The SMILES string of the molecule is CCN(CCNS(=O)(=O)c1ccc(OC)cc1N)C1CC1. The zero-order valence-electron chi connectivity index (χ0n) is 12.5. The first-order chi connectivity index (χ1) is 9.97. The van der Waals surface area contributed by atoms with E-state index in [0.29, 0.717) is 18.3 Å². The predicted octanol–water partition coefficient (Wildman–Crippen LogP) is 1.04. The lowest BCUT2D eigenvalue weighted by Gasteiger charge is -2.20. The smallest absolute Gasteiger partial charge is 0.242 e. The molecule has 21 heavy (non-hydrogen) atoms. The molecule has 118 valence electrons. The Morgan fingerprint density at radius 3 is 2.67 bits per heavy atom. The summed E-state index contributed by atoms with van der Waals surface area (Å²) in [4.78, 5) is 2.39. The van der Waals surface area contributed by atoms with Gasteiger partial charge in [-0.3, -0.25) is 4.90 Å². The number of nitrogen functional groups attached to an aromatic ring is 1. The fourth-order valence-corrected chi connectivity index (χ4v) is 3.47. The lowest BCUT2D eigenvalue weighted by molar-refractivity contribution is 0.282. The molecule has 0 bridgehead atoms. The molecule has 0 aliphatic heterocycles. The summed E-state index contributed by atoms with van der Waals surface area (Å²) in [7, 11) is -2.07. The second kappa shape index (κ2) is 6.64. The van der Waals surface area contributed by atoms with Gasteiger partial charge in [-0.2, -0.15) is 0 Å². The lowest BCUT2D eigenvalue weighted by Crippen LogP contribution is -2.36. The highest BCUT2D eigenvalue weighted by molar-refractivity contribution is 7.89. The number of hydrogen-bond acceptors (Lipinski definition) is 5. The highest BCUT2D eigenvalue weighted by atomic mass is 32.2. The summed E-state index contributed by atoms with van der Waals surface area (Å²) < 4.78 is 32.1. The van der Waals surface area contributed by atoms with Gasteiger partial charge in [-0.15, -0.1) is 0 Å². The van der Waals surface area contributed by atoms with Gasteiger partial charge in [0.2, 0.25) is 10.0 Å². The molecule has 0 amide bonds. The maximum Gasteiger partial charge on any atom is 0.242 e. The summed E-state index contributed by atoms with van der Waals surface area (Å²) in [5.74, 6) is 0.539. The van der Waals surface area contributed by atoms with Gasteiger partial charge < -0.3 is 10.5 Å². The molecule has 0 radical (unpaired) electrons. The second-order valence-corrected chi connectivity index (χ2v) is 6.90. The first kappa shape index (κ1) is 16.1. The number of likely N-dealkylation sites (N-methyl/N-ethyl adjacent to an activating group) is 1. The first-order valence-corrected chi connectivity index (χ1v) is 8.63. The normalized spacial score (nSPS) is 15.4. The Hall–Kier alpha value is -1.31. The molecule has 1 fully saturated rings. The Kier molecular flexibility index (Phi) is 5.08. The molecular weight excluding hydrogens is 290 g/mol. The van der Waals surface area contributed by atoms with E-state index in [4.69, 9.17) is 10.5 Å². The summed E-state index contributed by atoms with van der Waals surface area (Å²) in [6, 6.07) is 5.20. The zero-order valence-corrected chi connectivity index (χ0v) is 13.3. The van der Waals surface area contributed by atoms with E-state index in [1.165, 1.54) is 32.1 Å². The fraction of sp³-hybridized carbons (Fsp3) is 0.571. The average Bonchev–Trinajstić information content (AvgIpc) is 3.27. The van der Waals surface area contributed by atoms with Gasteiger partial charge in [0.15, 0.2) is 0 Å². The summed E-state index contributed by atoms with van der Waals surface area (Å²) in [6.07, 6.45) is 2.43. The van der Waals surface area contributed by atoms with Crippen LogP contribution in [0, 0.1) is 0 Å². The van der Waals surface area contributed by atoms with Crippen LogP contribution < -0.4 is 15.2 Å². The van der Waals surface area contributed by atoms with E-state index in [1.807, 2.05) is 0 Å². The fourth-order valence-electron chi connectivity index (χ4n) is 2.34. The predicted molar refractivity (Wildman–Crippen MR) is 82.9 cm³/mol. The van der Waals surface area contributed by atoms with Crippen LogP contribution in [0.1, 0.15) is 19.8 Å². The third-order valence-electron chi connectivity index (χ3n) is 3.67. The van der Waals surface area contributed by atoms with Crippen LogP contribution in [0.4, 0.5) is 5.69 Å². The summed E-state index contributed by atoms with van der Waals surface area (Å²) >= 11 is 0. The van der Waals surface area contributed by atoms with Crippen molar-refractivity contribution in [2.45, 2.75) is 30.7 Å². The molecule has 0 atom stereocenters. The van der Waals surface area contributed by atoms with Crippen LogP contribution >= 0.6 is 0 Å². The molecule has 1 aromatic rings. The maximum atomic E-state index is 12.3. The van der Waals surface area contributed by atoms with Crippen LogP contribution in [0.25, 0.3) is 0 Å². The number of sulfonamides is 1. The molecule has 0 unspecified atom stereocenters. The number of ether oxygens (including phenoxy) is 1. The van der Waals surface area contributed by atoms with E-state index >= 15 is 0 Å². The minimum Gasteiger partial charge on any atom is -0.497 e. The molecule has 1 saturated carbocycles. The summed E-state index contributed by atoms with van der Waals surface area (Å²) in [5.41, 5.74) is 5.98. The lowest BCUT2D eigenvalue weighted by atomic mass is 10.3. The largest absolute Gasteiger partial charge is 0.497 e. The molecule has 1 aliphatic carbocycles. The van der Waals surface area contributed by atoms with Crippen molar-refractivity contribution >= 4 is 15.7 Å². The van der Waals surface area contributed by atoms with Crippen molar-refractivity contribution in [2.24, 2.45) is 0 Å². The topological polar surface area (TPSA) is 84.7 Å². The maximum absolute atomic E-state index is 12.3. The van der Waals surface area contributed by atoms with Crippen LogP contribution in [0.3, 0.4) is 0 Å². The zero-order chi connectivity index (χ0) is 15.5.